The fourth-order valence-corrected chi connectivity index (χ4v) is 13.4. The van der Waals surface area contributed by atoms with Gasteiger partial charge in [-0.05, 0) is 70.6 Å². The summed E-state index contributed by atoms with van der Waals surface area (Å²) in [5, 5.41) is 110. The number of carbonyl (C=O) groups is 3. The van der Waals surface area contributed by atoms with Gasteiger partial charge in [0.15, 0.2) is 18.7 Å². The Morgan fingerprint density at radius 2 is 0.714 bits per heavy atom. The van der Waals surface area contributed by atoms with Crippen molar-refractivity contribution in [1.82, 2.24) is 0 Å². The second-order valence-corrected chi connectivity index (χ2v) is 28.8. The Balaban J connectivity index is 1.73. The van der Waals surface area contributed by atoms with Gasteiger partial charge in [0.25, 0.3) is 0 Å². The van der Waals surface area contributed by atoms with Gasteiger partial charge < -0.3 is 89.1 Å². The summed E-state index contributed by atoms with van der Waals surface area (Å²) in [6, 6.07) is 0. The van der Waals surface area contributed by atoms with Crippen molar-refractivity contribution in [2.24, 2.45) is 0 Å². The highest BCUT2D eigenvalue weighted by molar-refractivity contribution is 7.47. The molecule has 0 radical (unpaired) electrons. The van der Waals surface area contributed by atoms with Gasteiger partial charge in [-0.25, -0.2) is 4.57 Å². The molecule has 0 aromatic heterocycles. The summed E-state index contributed by atoms with van der Waals surface area (Å²) in [6.45, 7) is 3.41. The molecule has 11 N–H and O–H groups in total. The van der Waals surface area contributed by atoms with Gasteiger partial charge in [0.2, 0.25) is 0 Å². The van der Waals surface area contributed by atoms with Crippen molar-refractivity contribution in [2.45, 2.75) is 395 Å². The van der Waals surface area contributed by atoms with E-state index in [0.717, 1.165) is 89.9 Å². The van der Waals surface area contributed by atoms with Gasteiger partial charge in [-0.1, -0.05) is 225 Å². The Kier molecular flexibility index (Phi) is 50.3. The molecule has 2 saturated heterocycles. The second kappa shape index (κ2) is 55.0. The fourth-order valence-electron chi connectivity index (χ4n) is 12.5. The number of aliphatic hydroxyl groups is 10. The number of aliphatic hydroxyl groups excluding tert-OH is 10. The molecule has 18 unspecified atom stereocenters. The first-order valence-corrected chi connectivity index (χ1v) is 39.6. The van der Waals surface area contributed by atoms with Gasteiger partial charge in [0, 0.05) is 19.3 Å². The predicted molar refractivity (Wildman–Crippen MR) is 370 cm³/mol. The predicted octanol–water partition coefficient (Wildman–Crippen LogP) is 10.5. The first-order valence-electron chi connectivity index (χ1n) is 38.1. The minimum Gasteiger partial charge on any atom is -0.463 e. The number of hydrogen-bond acceptors (Lipinski definition) is 23. The smallest absolute Gasteiger partial charge is 0.463 e. The first-order chi connectivity index (χ1) is 47.3. The number of allylic oxidation sites excluding steroid dienone is 4. The zero-order valence-electron chi connectivity index (χ0n) is 59.8. The molecule has 98 heavy (non-hydrogen) atoms. The summed E-state index contributed by atoms with van der Waals surface area (Å²) in [5.74, 6) is -2.02. The van der Waals surface area contributed by atoms with Crippen LogP contribution in [0, 0.1) is 0 Å². The summed E-state index contributed by atoms with van der Waals surface area (Å²) in [5.41, 5.74) is 0. The average Bonchev–Trinajstić information content (AvgIpc) is 0.762. The molecular formula is C73H133O24P. The number of rotatable bonds is 59. The maximum atomic E-state index is 14.3. The van der Waals surface area contributed by atoms with E-state index >= 15 is 0 Å². The number of hydrogen-bond donors (Lipinski definition) is 11. The summed E-state index contributed by atoms with van der Waals surface area (Å²) in [7, 11) is -5.70. The van der Waals surface area contributed by atoms with Gasteiger partial charge in [0.1, 0.15) is 98.7 Å². The fraction of sp³-hybridized carbons (Fsp3) is 0.904. The molecule has 25 heteroatoms. The van der Waals surface area contributed by atoms with Crippen molar-refractivity contribution >= 4 is 25.7 Å². The highest BCUT2D eigenvalue weighted by atomic mass is 31.2. The van der Waals surface area contributed by atoms with Crippen molar-refractivity contribution in [3.8, 4) is 0 Å². The van der Waals surface area contributed by atoms with Crippen molar-refractivity contribution in [1.29, 1.82) is 0 Å². The Morgan fingerprint density at radius 1 is 0.388 bits per heavy atom. The van der Waals surface area contributed by atoms with Gasteiger partial charge in [-0.3, -0.25) is 23.4 Å². The van der Waals surface area contributed by atoms with Crippen molar-refractivity contribution in [3.05, 3.63) is 24.3 Å². The molecule has 1 aliphatic carbocycles. The summed E-state index contributed by atoms with van der Waals surface area (Å²) >= 11 is 0. The third-order valence-electron chi connectivity index (χ3n) is 18.7. The molecular weight excluding hydrogens is 1290 g/mol. The maximum absolute atomic E-state index is 14.3. The van der Waals surface area contributed by atoms with Crippen molar-refractivity contribution < 1.29 is 117 Å². The monoisotopic (exact) mass is 1420 g/mol. The third-order valence-corrected chi connectivity index (χ3v) is 19.7. The Morgan fingerprint density at radius 3 is 1.11 bits per heavy atom. The number of carbonyl (C=O) groups excluding carboxylic acids is 3. The van der Waals surface area contributed by atoms with Gasteiger partial charge in [-0.15, -0.1) is 0 Å². The quantitative estimate of drug-likeness (QED) is 0.00886. The molecule has 0 spiro atoms. The topological polar surface area (TPSA) is 374 Å². The average molecular weight is 1430 g/mol. The third kappa shape index (κ3) is 37.7. The number of phosphoric acid groups is 1. The Bertz CT molecular complexity index is 2120. The molecule has 3 aliphatic rings. The van der Waals surface area contributed by atoms with Crippen molar-refractivity contribution in [2.75, 3.05) is 26.4 Å². The Hall–Kier alpha value is -2.56. The molecule has 18 atom stereocenters. The van der Waals surface area contributed by atoms with E-state index in [1.807, 2.05) is 0 Å². The van der Waals surface area contributed by atoms with E-state index in [2.05, 4.69) is 45.1 Å². The van der Waals surface area contributed by atoms with E-state index in [-0.39, 0.29) is 19.3 Å². The van der Waals surface area contributed by atoms with Crippen LogP contribution in [0.1, 0.15) is 290 Å². The van der Waals surface area contributed by atoms with Gasteiger partial charge in [0.05, 0.1) is 13.2 Å². The molecule has 0 amide bonds. The SMILES string of the molecule is CCCCCCCC/C=C\CCCCCC(=O)OCC(COP(=O)(O)OC1C(OC2OC(CO)C(O)C(O)C2O)C(O)C(O)C(O)C1OC1OC(COC(=O)CCCCCCCCCCCCCCCCCC)C(O)C(O)C1O)OC(=O)CCCCC/C=C\CCCCCCCCC. The lowest BCUT2D eigenvalue weighted by molar-refractivity contribution is -0.360. The molecule has 24 nitrogen and oxygen atoms in total. The molecule has 3 fully saturated rings. The van der Waals surface area contributed by atoms with Crippen LogP contribution in [0.25, 0.3) is 0 Å². The normalized spacial score (nSPS) is 27.7. The molecule has 0 bridgehead atoms. The van der Waals surface area contributed by atoms with Crippen LogP contribution in [0.4, 0.5) is 0 Å². The Labute approximate surface area is 585 Å². The zero-order valence-corrected chi connectivity index (χ0v) is 60.7. The van der Waals surface area contributed by atoms with E-state index in [1.54, 1.807) is 0 Å². The van der Waals surface area contributed by atoms with Crippen LogP contribution in [-0.4, -0.2) is 204 Å². The van der Waals surface area contributed by atoms with Gasteiger partial charge in [-0.2, -0.15) is 0 Å². The highest BCUT2D eigenvalue weighted by Gasteiger charge is 2.58. The largest absolute Gasteiger partial charge is 0.472 e. The van der Waals surface area contributed by atoms with E-state index in [0.29, 0.717) is 25.7 Å². The van der Waals surface area contributed by atoms with Crippen LogP contribution < -0.4 is 0 Å². The molecule has 2 aliphatic heterocycles. The van der Waals surface area contributed by atoms with Gasteiger partial charge >= 0.3 is 25.7 Å². The van der Waals surface area contributed by atoms with Crippen LogP contribution in [0.5, 0.6) is 0 Å². The number of phosphoric ester groups is 1. The van der Waals surface area contributed by atoms with Crippen LogP contribution in [-0.2, 0) is 61.2 Å². The number of unbranched alkanes of at least 4 members (excludes halogenated alkanes) is 34. The second-order valence-electron chi connectivity index (χ2n) is 27.4. The molecule has 3 rings (SSSR count). The molecule has 0 aromatic carbocycles. The van der Waals surface area contributed by atoms with Crippen LogP contribution in [0.3, 0.4) is 0 Å². The number of esters is 3. The van der Waals surface area contributed by atoms with Crippen molar-refractivity contribution in [3.63, 3.8) is 0 Å². The lowest BCUT2D eigenvalue weighted by atomic mass is 9.84. The van der Waals surface area contributed by atoms with E-state index in [1.165, 1.54) is 135 Å². The van der Waals surface area contributed by atoms with Crippen LogP contribution >= 0.6 is 7.82 Å². The lowest BCUT2D eigenvalue weighted by Gasteiger charge is -2.49. The highest BCUT2D eigenvalue weighted by Crippen LogP contribution is 2.49. The van der Waals surface area contributed by atoms with E-state index in [4.69, 9.17) is 42.2 Å². The summed E-state index contributed by atoms with van der Waals surface area (Å²) < 4.78 is 65.0. The standard InChI is InChI=1S/C73H133O24P/c1-4-7-10-13-16-19-22-25-27-28-31-33-36-39-42-45-48-58(76)90-53-56-61(79)63(81)68(86)73(94-56)96-70-66(84)64(82)65(83)69(95-72-67(85)62(80)60(78)55(50-74)93-72)71(70)97-98(87,88)91-52-54(51-89-57(75)47-44-41-38-35-32-29-24-21-18-15-12-9-6-3)92-59(77)49-46-43-40-37-34-30-26-23-20-17-14-11-8-5-2/h29-30,32,34,54-56,60-74,78-86H,4-28,31,33,35-53H2,1-3H3,(H,87,88)/b32-29-,34-30-. The van der Waals surface area contributed by atoms with Crippen LogP contribution in [0.15, 0.2) is 24.3 Å². The van der Waals surface area contributed by atoms with E-state index in [9.17, 15) is 74.9 Å². The minimum absolute atomic E-state index is 0.0222. The minimum atomic E-state index is -5.70. The maximum Gasteiger partial charge on any atom is 0.472 e. The lowest BCUT2D eigenvalue weighted by Crippen LogP contribution is -2.69. The van der Waals surface area contributed by atoms with Crippen LogP contribution in [0.2, 0.25) is 0 Å². The number of ether oxygens (including phenoxy) is 7. The zero-order chi connectivity index (χ0) is 71.8. The molecule has 2 heterocycles. The first kappa shape index (κ1) is 89.7. The molecule has 574 valence electrons. The summed E-state index contributed by atoms with van der Waals surface area (Å²) in [4.78, 5) is 51.0. The molecule has 0 aromatic rings. The summed E-state index contributed by atoms with van der Waals surface area (Å²) in [6.07, 6.45) is 15.3. The molecule has 1 saturated carbocycles. The van der Waals surface area contributed by atoms with E-state index < -0.39 is 156 Å².